The minimum Gasteiger partial charge on any atom is -0.491 e. The standard InChI is InChI=1S/C16H19N5O2/c1-3-12-9-15(21-16(20-12)17-10-18-21)19-13-4-5-14(11(2)8-13)23-7-6-22/h4-5,8-10,19,22H,3,6-7H2,1-2H3. The lowest BCUT2D eigenvalue weighted by Gasteiger charge is -2.12. The van der Waals surface area contributed by atoms with Gasteiger partial charge in [0.15, 0.2) is 0 Å². The summed E-state index contributed by atoms with van der Waals surface area (Å²) < 4.78 is 7.14. The molecule has 0 atom stereocenters. The van der Waals surface area contributed by atoms with Crippen molar-refractivity contribution in [1.29, 1.82) is 0 Å². The lowest BCUT2D eigenvalue weighted by molar-refractivity contribution is 0.200. The number of rotatable bonds is 6. The highest BCUT2D eigenvalue weighted by Gasteiger charge is 2.08. The van der Waals surface area contributed by atoms with Gasteiger partial charge in [-0.15, -0.1) is 0 Å². The molecule has 0 radical (unpaired) electrons. The minimum atomic E-state index is 0.000528. The van der Waals surface area contributed by atoms with Gasteiger partial charge in [-0.3, -0.25) is 0 Å². The molecule has 0 unspecified atom stereocenters. The Hall–Kier alpha value is -2.67. The molecule has 0 aliphatic rings. The van der Waals surface area contributed by atoms with Gasteiger partial charge in [0.1, 0.15) is 24.5 Å². The first-order valence-electron chi connectivity index (χ1n) is 7.52. The van der Waals surface area contributed by atoms with Crippen LogP contribution in [0.3, 0.4) is 0 Å². The lowest BCUT2D eigenvalue weighted by atomic mass is 10.2. The quantitative estimate of drug-likeness (QED) is 0.725. The summed E-state index contributed by atoms with van der Waals surface area (Å²) in [5, 5.41) is 16.4. The molecule has 0 saturated carbocycles. The normalized spacial score (nSPS) is 10.9. The highest BCUT2D eigenvalue weighted by atomic mass is 16.5. The maximum absolute atomic E-state index is 8.84. The van der Waals surface area contributed by atoms with Gasteiger partial charge in [-0.05, 0) is 37.1 Å². The molecule has 3 aromatic rings. The average Bonchev–Trinajstić information content (AvgIpc) is 3.02. The third-order valence-electron chi connectivity index (χ3n) is 3.46. The number of aliphatic hydroxyl groups is 1. The number of benzene rings is 1. The lowest BCUT2D eigenvalue weighted by Crippen LogP contribution is -2.05. The zero-order valence-corrected chi connectivity index (χ0v) is 13.2. The Balaban J connectivity index is 1.90. The summed E-state index contributed by atoms with van der Waals surface area (Å²) in [6.07, 6.45) is 2.31. The molecule has 23 heavy (non-hydrogen) atoms. The first-order valence-corrected chi connectivity index (χ1v) is 7.52. The van der Waals surface area contributed by atoms with Gasteiger partial charge in [-0.25, -0.2) is 4.98 Å². The van der Waals surface area contributed by atoms with Crippen molar-refractivity contribution in [2.24, 2.45) is 0 Å². The summed E-state index contributed by atoms with van der Waals surface area (Å²) >= 11 is 0. The molecule has 2 N–H and O–H groups in total. The van der Waals surface area contributed by atoms with E-state index in [0.717, 1.165) is 34.9 Å². The number of aromatic nitrogens is 4. The molecule has 0 spiro atoms. The molecule has 0 amide bonds. The van der Waals surface area contributed by atoms with Crippen LogP contribution in [0.4, 0.5) is 11.5 Å². The van der Waals surface area contributed by atoms with Crippen LogP contribution in [0.2, 0.25) is 0 Å². The minimum absolute atomic E-state index is 0.000528. The van der Waals surface area contributed by atoms with E-state index >= 15 is 0 Å². The third-order valence-corrected chi connectivity index (χ3v) is 3.46. The Morgan fingerprint density at radius 1 is 1.30 bits per heavy atom. The maximum Gasteiger partial charge on any atom is 0.254 e. The summed E-state index contributed by atoms with van der Waals surface area (Å²) in [7, 11) is 0. The zero-order chi connectivity index (χ0) is 16.2. The molecule has 7 heteroatoms. The third kappa shape index (κ3) is 3.24. The van der Waals surface area contributed by atoms with Crippen LogP contribution in [0.15, 0.2) is 30.6 Å². The first-order chi connectivity index (χ1) is 11.2. The van der Waals surface area contributed by atoms with Crippen molar-refractivity contribution in [2.45, 2.75) is 20.3 Å². The molecule has 0 saturated heterocycles. The maximum atomic E-state index is 8.84. The number of nitrogens with zero attached hydrogens (tertiary/aromatic N) is 4. The molecular weight excluding hydrogens is 294 g/mol. The van der Waals surface area contributed by atoms with Crippen LogP contribution in [-0.2, 0) is 6.42 Å². The topological polar surface area (TPSA) is 84.6 Å². The fraction of sp³-hybridized carbons (Fsp3) is 0.312. The van der Waals surface area contributed by atoms with E-state index in [4.69, 9.17) is 9.84 Å². The van der Waals surface area contributed by atoms with Crippen molar-refractivity contribution in [1.82, 2.24) is 19.6 Å². The molecule has 0 bridgehead atoms. The Morgan fingerprint density at radius 3 is 2.91 bits per heavy atom. The van der Waals surface area contributed by atoms with Gasteiger partial charge < -0.3 is 15.2 Å². The number of hydrogen-bond donors (Lipinski definition) is 2. The van der Waals surface area contributed by atoms with E-state index in [2.05, 4.69) is 27.3 Å². The predicted octanol–water partition coefficient (Wildman–Crippen LogP) is 2.11. The van der Waals surface area contributed by atoms with Crippen LogP contribution in [-0.4, -0.2) is 37.9 Å². The number of aliphatic hydroxyl groups excluding tert-OH is 1. The molecule has 0 aliphatic carbocycles. The van der Waals surface area contributed by atoms with Crippen molar-refractivity contribution in [3.63, 3.8) is 0 Å². The summed E-state index contributed by atoms with van der Waals surface area (Å²) in [6.45, 7) is 4.31. The highest BCUT2D eigenvalue weighted by Crippen LogP contribution is 2.24. The zero-order valence-electron chi connectivity index (χ0n) is 13.2. The van der Waals surface area contributed by atoms with Crippen LogP contribution >= 0.6 is 0 Å². The SMILES string of the molecule is CCc1cc(Nc2ccc(OCCO)c(C)c2)n2ncnc2n1. The van der Waals surface area contributed by atoms with Gasteiger partial charge >= 0.3 is 0 Å². The Bertz CT molecular complexity index is 815. The largest absolute Gasteiger partial charge is 0.491 e. The summed E-state index contributed by atoms with van der Waals surface area (Å²) in [5.41, 5.74) is 2.86. The van der Waals surface area contributed by atoms with E-state index in [0.29, 0.717) is 5.78 Å². The van der Waals surface area contributed by atoms with Crippen LogP contribution in [0.5, 0.6) is 5.75 Å². The fourth-order valence-corrected chi connectivity index (χ4v) is 2.32. The van der Waals surface area contributed by atoms with Crippen LogP contribution in [0.1, 0.15) is 18.2 Å². The van der Waals surface area contributed by atoms with E-state index in [-0.39, 0.29) is 13.2 Å². The molecule has 2 aromatic heterocycles. The van der Waals surface area contributed by atoms with Crippen LogP contribution in [0.25, 0.3) is 5.78 Å². The Kier molecular flexibility index (Phi) is 4.38. The van der Waals surface area contributed by atoms with E-state index in [1.807, 2.05) is 31.2 Å². The average molecular weight is 313 g/mol. The number of anilines is 2. The summed E-state index contributed by atoms with van der Waals surface area (Å²) in [4.78, 5) is 8.58. The van der Waals surface area contributed by atoms with Gasteiger partial charge in [-0.2, -0.15) is 14.6 Å². The van der Waals surface area contributed by atoms with Gasteiger partial charge in [0.25, 0.3) is 5.78 Å². The van der Waals surface area contributed by atoms with Crippen molar-refractivity contribution >= 4 is 17.3 Å². The number of aryl methyl sites for hydroxylation is 2. The monoisotopic (exact) mass is 313 g/mol. The molecule has 120 valence electrons. The van der Waals surface area contributed by atoms with Gasteiger partial charge in [-0.1, -0.05) is 6.92 Å². The number of hydrogen-bond acceptors (Lipinski definition) is 6. The van der Waals surface area contributed by atoms with E-state index < -0.39 is 0 Å². The number of fused-ring (bicyclic) bond motifs is 1. The molecule has 7 nitrogen and oxygen atoms in total. The predicted molar refractivity (Wildman–Crippen MR) is 87.2 cm³/mol. The molecule has 0 fully saturated rings. The van der Waals surface area contributed by atoms with Crippen LogP contribution in [0, 0.1) is 6.92 Å². The molecule has 1 aromatic carbocycles. The van der Waals surface area contributed by atoms with E-state index in [9.17, 15) is 0 Å². The summed E-state index contributed by atoms with van der Waals surface area (Å²) in [5.74, 6) is 2.15. The second-order valence-corrected chi connectivity index (χ2v) is 5.14. The van der Waals surface area contributed by atoms with E-state index in [1.165, 1.54) is 6.33 Å². The Morgan fingerprint density at radius 2 is 2.17 bits per heavy atom. The highest BCUT2D eigenvalue weighted by molar-refractivity contribution is 5.61. The van der Waals surface area contributed by atoms with Crippen molar-refractivity contribution in [3.05, 3.63) is 41.9 Å². The van der Waals surface area contributed by atoms with Crippen molar-refractivity contribution < 1.29 is 9.84 Å². The van der Waals surface area contributed by atoms with E-state index in [1.54, 1.807) is 4.52 Å². The molecule has 0 aliphatic heterocycles. The van der Waals surface area contributed by atoms with Crippen molar-refractivity contribution in [2.75, 3.05) is 18.5 Å². The number of ether oxygens (including phenoxy) is 1. The molecule has 3 rings (SSSR count). The van der Waals surface area contributed by atoms with Crippen LogP contribution < -0.4 is 10.1 Å². The summed E-state index contributed by atoms with van der Waals surface area (Å²) in [6, 6.07) is 7.76. The number of nitrogens with one attached hydrogen (secondary N) is 1. The second kappa shape index (κ2) is 6.62. The molecule has 2 heterocycles. The van der Waals surface area contributed by atoms with Gasteiger partial charge in [0, 0.05) is 17.4 Å². The Labute approximate surface area is 134 Å². The first kappa shape index (κ1) is 15.2. The fourth-order valence-electron chi connectivity index (χ4n) is 2.32. The second-order valence-electron chi connectivity index (χ2n) is 5.14. The smallest absolute Gasteiger partial charge is 0.254 e. The van der Waals surface area contributed by atoms with Gasteiger partial charge in [0.05, 0.1) is 6.61 Å². The molecular formula is C16H19N5O2. The van der Waals surface area contributed by atoms with Gasteiger partial charge in [0.2, 0.25) is 0 Å². The van der Waals surface area contributed by atoms with Crippen molar-refractivity contribution in [3.8, 4) is 5.75 Å².